The van der Waals surface area contributed by atoms with E-state index in [-0.39, 0.29) is 5.97 Å². The molecule has 22 heavy (non-hydrogen) atoms. The molecule has 0 radical (unpaired) electrons. The number of cyclic esters (lactones) is 1. The first-order valence-corrected chi connectivity index (χ1v) is 8.14. The van der Waals surface area contributed by atoms with Crippen molar-refractivity contribution in [3.63, 3.8) is 0 Å². The van der Waals surface area contributed by atoms with Crippen molar-refractivity contribution < 1.29 is 14.3 Å². The summed E-state index contributed by atoms with van der Waals surface area (Å²) in [6.45, 7) is 0.297. The van der Waals surface area contributed by atoms with E-state index in [0.717, 1.165) is 22.4 Å². The molecule has 0 spiro atoms. The predicted molar refractivity (Wildman–Crippen MR) is 89.0 cm³/mol. The molecule has 0 saturated heterocycles. The Morgan fingerprint density at radius 3 is 2.55 bits per heavy atom. The molecule has 0 N–H and O–H groups in total. The molecule has 1 aliphatic rings. The summed E-state index contributed by atoms with van der Waals surface area (Å²) in [6, 6.07) is 15.7. The Morgan fingerprint density at radius 2 is 1.86 bits per heavy atom. The van der Waals surface area contributed by atoms with Crippen molar-refractivity contribution in [2.24, 2.45) is 0 Å². The number of methoxy groups -OCH3 is 1. The highest BCUT2D eigenvalue weighted by molar-refractivity contribution is 7.98. The number of rotatable bonds is 4. The van der Waals surface area contributed by atoms with Gasteiger partial charge in [-0.3, -0.25) is 0 Å². The third-order valence-corrected chi connectivity index (χ3v) is 4.39. The maximum Gasteiger partial charge on any atom is 0.339 e. The molecule has 0 amide bonds. The van der Waals surface area contributed by atoms with Crippen LogP contribution in [0.1, 0.15) is 11.1 Å². The van der Waals surface area contributed by atoms with E-state index in [2.05, 4.69) is 0 Å². The monoisotopic (exact) mass is 312 g/mol. The fourth-order valence-corrected chi connectivity index (χ4v) is 2.90. The summed E-state index contributed by atoms with van der Waals surface area (Å²) < 4.78 is 10.5. The second-order valence-corrected chi connectivity index (χ2v) is 5.77. The van der Waals surface area contributed by atoms with Gasteiger partial charge < -0.3 is 9.47 Å². The lowest BCUT2D eigenvalue weighted by molar-refractivity contribution is -0.133. The Labute approximate surface area is 133 Å². The SMILES string of the molecule is COc1cccc(C2=C(c3ccc(SC)cc3)C(=O)OC2)c1. The average Bonchev–Trinajstić information content (AvgIpc) is 2.96. The lowest BCUT2D eigenvalue weighted by Crippen LogP contribution is -1.98. The number of carbonyl (C=O) groups is 1. The smallest absolute Gasteiger partial charge is 0.339 e. The second kappa shape index (κ2) is 6.28. The van der Waals surface area contributed by atoms with Gasteiger partial charge in [0.05, 0.1) is 12.7 Å². The van der Waals surface area contributed by atoms with Gasteiger partial charge in [0.25, 0.3) is 0 Å². The van der Waals surface area contributed by atoms with Gasteiger partial charge in [-0.1, -0.05) is 24.3 Å². The Kier molecular flexibility index (Phi) is 4.20. The zero-order valence-electron chi connectivity index (χ0n) is 12.5. The Hall–Kier alpha value is -2.20. The first-order chi connectivity index (χ1) is 10.7. The zero-order valence-corrected chi connectivity index (χ0v) is 13.3. The van der Waals surface area contributed by atoms with Gasteiger partial charge in [-0.05, 0) is 41.6 Å². The fourth-order valence-electron chi connectivity index (χ4n) is 2.49. The highest BCUT2D eigenvalue weighted by atomic mass is 32.2. The van der Waals surface area contributed by atoms with Crippen LogP contribution in [0.5, 0.6) is 5.75 Å². The van der Waals surface area contributed by atoms with Crippen LogP contribution >= 0.6 is 11.8 Å². The molecule has 0 bridgehead atoms. The van der Waals surface area contributed by atoms with Crippen LogP contribution in [0.2, 0.25) is 0 Å². The molecular weight excluding hydrogens is 296 g/mol. The topological polar surface area (TPSA) is 35.5 Å². The van der Waals surface area contributed by atoms with Gasteiger partial charge in [-0.2, -0.15) is 0 Å². The molecule has 0 atom stereocenters. The summed E-state index contributed by atoms with van der Waals surface area (Å²) in [6.07, 6.45) is 2.03. The van der Waals surface area contributed by atoms with Crippen LogP contribution in [0.25, 0.3) is 11.1 Å². The first-order valence-electron chi connectivity index (χ1n) is 6.92. The molecule has 0 fully saturated rings. The minimum atomic E-state index is -0.269. The number of benzene rings is 2. The van der Waals surface area contributed by atoms with E-state index in [0.29, 0.717) is 12.2 Å². The maximum absolute atomic E-state index is 12.2. The van der Waals surface area contributed by atoms with Crippen LogP contribution < -0.4 is 4.74 Å². The summed E-state index contributed by atoms with van der Waals surface area (Å²) in [5, 5.41) is 0. The number of esters is 1. The lowest BCUT2D eigenvalue weighted by Gasteiger charge is -2.07. The lowest BCUT2D eigenvalue weighted by atomic mass is 9.96. The van der Waals surface area contributed by atoms with E-state index in [9.17, 15) is 4.79 Å². The minimum Gasteiger partial charge on any atom is -0.497 e. The number of hydrogen-bond donors (Lipinski definition) is 0. The second-order valence-electron chi connectivity index (χ2n) is 4.89. The van der Waals surface area contributed by atoms with E-state index in [1.54, 1.807) is 18.9 Å². The van der Waals surface area contributed by atoms with Gasteiger partial charge in [-0.15, -0.1) is 11.8 Å². The molecule has 0 unspecified atom stereocenters. The number of carbonyl (C=O) groups excluding carboxylic acids is 1. The highest BCUT2D eigenvalue weighted by Gasteiger charge is 2.27. The Morgan fingerprint density at radius 1 is 1.09 bits per heavy atom. The van der Waals surface area contributed by atoms with Gasteiger partial charge >= 0.3 is 5.97 Å². The van der Waals surface area contributed by atoms with Crippen LogP contribution in [0, 0.1) is 0 Å². The molecule has 0 aliphatic carbocycles. The summed E-state index contributed by atoms with van der Waals surface area (Å²) in [7, 11) is 1.63. The van der Waals surface area contributed by atoms with E-state index in [1.165, 1.54) is 4.90 Å². The Balaban J connectivity index is 2.08. The molecule has 3 nitrogen and oxygen atoms in total. The van der Waals surface area contributed by atoms with Crippen molar-refractivity contribution in [2.75, 3.05) is 20.0 Å². The zero-order chi connectivity index (χ0) is 15.5. The standard InChI is InChI=1S/C18H16O3S/c1-20-14-5-3-4-13(10-14)16-11-21-18(19)17(16)12-6-8-15(22-2)9-7-12/h3-10H,11H2,1-2H3. The largest absolute Gasteiger partial charge is 0.497 e. The molecule has 2 aromatic rings. The van der Waals surface area contributed by atoms with Crippen LogP contribution in [-0.4, -0.2) is 25.9 Å². The van der Waals surface area contributed by atoms with Crippen LogP contribution in [0.4, 0.5) is 0 Å². The first kappa shape index (κ1) is 14.7. The van der Waals surface area contributed by atoms with Gasteiger partial charge in [0, 0.05) is 10.5 Å². The number of hydrogen-bond acceptors (Lipinski definition) is 4. The summed E-state index contributed by atoms with van der Waals surface area (Å²) in [4.78, 5) is 13.3. The molecule has 4 heteroatoms. The van der Waals surface area contributed by atoms with Gasteiger partial charge in [0.15, 0.2) is 0 Å². The summed E-state index contributed by atoms with van der Waals surface area (Å²) in [5.41, 5.74) is 3.38. The molecule has 0 saturated carbocycles. The van der Waals surface area contributed by atoms with Crippen LogP contribution in [0.3, 0.4) is 0 Å². The van der Waals surface area contributed by atoms with Gasteiger partial charge in [0.1, 0.15) is 12.4 Å². The van der Waals surface area contributed by atoms with E-state index < -0.39 is 0 Å². The quantitative estimate of drug-likeness (QED) is 0.634. The molecule has 3 rings (SSSR count). The molecule has 0 aromatic heterocycles. The van der Waals surface area contributed by atoms with Crippen molar-refractivity contribution >= 4 is 28.9 Å². The van der Waals surface area contributed by atoms with E-state index in [4.69, 9.17) is 9.47 Å². The maximum atomic E-state index is 12.2. The van der Waals surface area contributed by atoms with Crippen molar-refractivity contribution in [3.05, 3.63) is 59.7 Å². The Bertz CT molecular complexity index is 732. The summed E-state index contributed by atoms with van der Waals surface area (Å²) >= 11 is 1.67. The molecular formula is C18H16O3S. The van der Waals surface area contributed by atoms with E-state index >= 15 is 0 Å². The number of thioether (sulfide) groups is 1. The van der Waals surface area contributed by atoms with Crippen molar-refractivity contribution in [1.29, 1.82) is 0 Å². The fraction of sp³-hybridized carbons (Fsp3) is 0.167. The third kappa shape index (κ3) is 2.74. The highest BCUT2D eigenvalue weighted by Crippen LogP contribution is 2.34. The third-order valence-electron chi connectivity index (χ3n) is 3.65. The normalized spacial score (nSPS) is 14.2. The van der Waals surface area contributed by atoms with Gasteiger partial charge in [-0.25, -0.2) is 4.79 Å². The van der Waals surface area contributed by atoms with Crippen molar-refractivity contribution in [3.8, 4) is 5.75 Å². The molecule has 1 aliphatic heterocycles. The van der Waals surface area contributed by atoms with Crippen LogP contribution in [-0.2, 0) is 9.53 Å². The molecule has 112 valence electrons. The average molecular weight is 312 g/mol. The van der Waals surface area contributed by atoms with Crippen molar-refractivity contribution in [2.45, 2.75) is 4.90 Å². The predicted octanol–water partition coefficient (Wildman–Crippen LogP) is 3.88. The number of ether oxygens (including phenoxy) is 2. The molecule has 1 heterocycles. The van der Waals surface area contributed by atoms with Crippen LogP contribution in [0.15, 0.2) is 53.4 Å². The van der Waals surface area contributed by atoms with Crippen molar-refractivity contribution in [1.82, 2.24) is 0 Å². The summed E-state index contributed by atoms with van der Waals surface area (Å²) in [5.74, 6) is 0.496. The minimum absolute atomic E-state index is 0.269. The molecule has 2 aromatic carbocycles. The van der Waals surface area contributed by atoms with Gasteiger partial charge in [0.2, 0.25) is 0 Å². The van der Waals surface area contributed by atoms with E-state index in [1.807, 2.05) is 54.8 Å².